The first kappa shape index (κ1) is 16.0. The fraction of sp³-hybridized carbons (Fsp3) is 0.692. The van der Waals surface area contributed by atoms with Crippen LogP contribution in [0.25, 0.3) is 0 Å². The molecule has 0 spiro atoms. The summed E-state index contributed by atoms with van der Waals surface area (Å²) in [6.07, 6.45) is 3.74. The molecule has 1 atom stereocenters. The molecule has 1 rings (SSSR count). The van der Waals surface area contributed by atoms with E-state index in [-0.39, 0.29) is 5.95 Å². The van der Waals surface area contributed by atoms with Crippen LogP contribution in [0.5, 0.6) is 0 Å². The number of nitrogens with one attached hydrogen (secondary N) is 1. The van der Waals surface area contributed by atoms with Crippen molar-refractivity contribution < 1.29 is 0 Å². The summed E-state index contributed by atoms with van der Waals surface area (Å²) < 4.78 is 0. The lowest BCUT2D eigenvalue weighted by molar-refractivity contribution is 0.295. The molecule has 0 radical (unpaired) electrons. The van der Waals surface area contributed by atoms with Crippen LogP contribution in [0.2, 0.25) is 5.02 Å². The van der Waals surface area contributed by atoms with Crippen molar-refractivity contribution in [2.45, 2.75) is 39.7 Å². The highest BCUT2D eigenvalue weighted by molar-refractivity contribution is 6.32. The number of anilines is 2. The number of nitrogens with two attached hydrogens (primary N) is 1. The van der Waals surface area contributed by atoms with Crippen molar-refractivity contribution in [3.8, 4) is 0 Å². The Kier molecular flexibility index (Phi) is 6.87. The van der Waals surface area contributed by atoms with Gasteiger partial charge in [0.05, 0.1) is 6.20 Å². The average Bonchev–Trinajstić information content (AvgIpc) is 2.39. The van der Waals surface area contributed by atoms with Gasteiger partial charge in [0.1, 0.15) is 5.02 Å². The molecule has 0 amide bonds. The zero-order valence-corrected chi connectivity index (χ0v) is 12.7. The van der Waals surface area contributed by atoms with Gasteiger partial charge < -0.3 is 16.0 Å². The van der Waals surface area contributed by atoms with Gasteiger partial charge in [-0.15, -0.1) is 0 Å². The zero-order chi connectivity index (χ0) is 14.3. The molecule has 0 saturated heterocycles. The van der Waals surface area contributed by atoms with Gasteiger partial charge in [0, 0.05) is 6.04 Å². The summed E-state index contributed by atoms with van der Waals surface area (Å²) in [5.41, 5.74) is 5.55. The third-order valence-corrected chi connectivity index (χ3v) is 3.43. The Morgan fingerprint density at radius 3 is 2.74 bits per heavy atom. The minimum absolute atomic E-state index is 0.238. The molecule has 108 valence electrons. The molecule has 0 bridgehead atoms. The predicted octanol–water partition coefficient (Wildman–Crippen LogP) is 2.63. The smallest absolute Gasteiger partial charge is 0.222 e. The normalized spacial score (nSPS) is 12.7. The number of halogens is 1. The van der Waals surface area contributed by atoms with Crippen LogP contribution in [-0.2, 0) is 0 Å². The fourth-order valence-electron chi connectivity index (χ4n) is 1.95. The summed E-state index contributed by atoms with van der Waals surface area (Å²) in [5, 5.41) is 3.78. The Morgan fingerprint density at radius 2 is 2.11 bits per heavy atom. The van der Waals surface area contributed by atoms with E-state index in [0.717, 1.165) is 32.5 Å². The SMILES string of the molecule is CCN(CC)CCCC(C)Nc1nc(N)ncc1Cl. The Hall–Kier alpha value is -1.07. The van der Waals surface area contributed by atoms with Gasteiger partial charge in [-0.3, -0.25) is 0 Å². The number of nitrogens with zero attached hydrogens (tertiary/aromatic N) is 3. The summed E-state index contributed by atoms with van der Waals surface area (Å²) in [6.45, 7) is 9.83. The van der Waals surface area contributed by atoms with E-state index >= 15 is 0 Å². The van der Waals surface area contributed by atoms with Crippen molar-refractivity contribution in [1.29, 1.82) is 0 Å². The van der Waals surface area contributed by atoms with Crippen LogP contribution in [0, 0.1) is 0 Å². The molecule has 1 aromatic heterocycles. The summed E-state index contributed by atoms with van der Waals surface area (Å²) in [7, 11) is 0. The first-order chi connectivity index (χ1) is 9.06. The number of rotatable bonds is 8. The number of aromatic nitrogens is 2. The molecule has 3 N–H and O–H groups in total. The topological polar surface area (TPSA) is 67.1 Å². The van der Waals surface area contributed by atoms with E-state index in [2.05, 4.69) is 41.0 Å². The third kappa shape index (κ3) is 5.61. The van der Waals surface area contributed by atoms with Crippen LogP contribution in [0.4, 0.5) is 11.8 Å². The van der Waals surface area contributed by atoms with Gasteiger partial charge in [-0.2, -0.15) is 4.98 Å². The van der Waals surface area contributed by atoms with Gasteiger partial charge in [0.15, 0.2) is 5.82 Å². The molecule has 0 aliphatic carbocycles. The molecule has 5 nitrogen and oxygen atoms in total. The minimum atomic E-state index is 0.238. The molecule has 0 aliphatic rings. The van der Waals surface area contributed by atoms with Crippen molar-refractivity contribution in [3.63, 3.8) is 0 Å². The van der Waals surface area contributed by atoms with E-state index in [0.29, 0.717) is 16.9 Å². The maximum atomic E-state index is 6.02. The molecule has 6 heteroatoms. The van der Waals surface area contributed by atoms with Gasteiger partial charge in [0.25, 0.3) is 0 Å². The van der Waals surface area contributed by atoms with Crippen LogP contribution < -0.4 is 11.1 Å². The van der Waals surface area contributed by atoms with Gasteiger partial charge in [-0.25, -0.2) is 4.98 Å². The maximum Gasteiger partial charge on any atom is 0.222 e. The largest absolute Gasteiger partial charge is 0.368 e. The Bertz CT molecular complexity index is 381. The summed E-state index contributed by atoms with van der Waals surface area (Å²) in [6, 6.07) is 0.308. The lowest BCUT2D eigenvalue weighted by atomic mass is 10.1. The lowest BCUT2D eigenvalue weighted by Crippen LogP contribution is -2.25. The second-order valence-corrected chi connectivity index (χ2v) is 5.05. The van der Waals surface area contributed by atoms with Gasteiger partial charge in [-0.1, -0.05) is 25.4 Å². The van der Waals surface area contributed by atoms with E-state index in [9.17, 15) is 0 Å². The van der Waals surface area contributed by atoms with E-state index < -0.39 is 0 Å². The van der Waals surface area contributed by atoms with E-state index in [4.69, 9.17) is 17.3 Å². The lowest BCUT2D eigenvalue weighted by Gasteiger charge is -2.20. The van der Waals surface area contributed by atoms with Crippen LogP contribution in [0.1, 0.15) is 33.6 Å². The molecule has 19 heavy (non-hydrogen) atoms. The number of hydrogen-bond acceptors (Lipinski definition) is 5. The van der Waals surface area contributed by atoms with Crippen molar-refractivity contribution in [3.05, 3.63) is 11.2 Å². The van der Waals surface area contributed by atoms with Gasteiger partial charge in [-0.05, 0) is 39.4 Å². The van der Waals surface area contributed by atoms with E-state index in [1.54, 1.807) is 0 Å². The van der Waals surface area contributed by atoms with Crippen LogP contribution in [0.3, 0.4) is 0 Å². The monoisotopic (exact) mass is 285 g/mol. The van der Waals surface area contributed by atoms with E-state index in [1.807, 2.05) is 0 Å². The molecule has 1 unspecified atom stereocenters. The van der Waals surface area contributed by atoms with Gasteiger partial charge >= 0.3 is 0 Å². The first-order valence-corrected chi connectivity index (χ1v) is 7.21. The van der Waals surface area contributed by atoms with Gasteiger partial charge in [0.2, 0.25) is 5.95 Å². The second-order valence-electron chi connectivity index (χ2n) is 4.64. The van der Waals surface area contributed by atoms with Crippen LogP contribution >= 0.6 is 11.6 Å². The summed E-state index contributed by atoms with van der Waals surface area (Å²) in [5.74, 6) is 0.853. The number of nitrogen functional groups attached to an aromatic ring is 1. The van der Waals surface area contributed by atoms with Crippen LogP contribution in [-0.4, -0.2) is 40.5 Å². The number of hydrogen-bond donors (Lipinski definition) is 2. The third-order valence-electron chi connectivity index (χ3n) is 3.15. The molecule has 0 saturated carbocycles. The van der Waals surface area contributed by atoms with Crippen molar-refractivity contribution in [2.24, 2.45) is 0 Å². The summed E-state index contributed by atoms with van der Waals surface area (Å²) in [4.78, 5) is 10.4. The van der Waals surface area contributed by atoms with Crippen molar-refractivity contribution in [1.82, 2.24) is 14.9 Å². The minimum Gasteiger partial charge on any atom is -0.368 e. The molecule has 0 aliphatic heterocycles. The molecule has 0 fully saturated rings. The van der Waals surface area contributed by atoms with Crippen molar-refractivity contribution >= 4 is 23.4 Å². The highest BCUT2D eigenvalue weighted by Crippen LogP contribution is 2.19. The van der Waals surface area contributed by atoms with Crippen molar-refractivity contribution in [2.75, 3.05) is 30.7 Å². The Morgan fingerprint density at radius 1 is 1.42 bits per heavy atom. The Labute approximate surface area is 120 Å². The molecule has 1 aromatic rings. The molecule has 1 heterocycles. The molecular formula is C13H24ClN5. The predicted molar refractivity (Wildman–Crippen MR) is 81.6 cm³/mol. The highest BCUT2D eigenvalue weighted by Gasteiger charge is 2.08. The second kappa shape index (κ2) is 8.17. The average molecular weight is 286 g/mol. The summed E-state index contributed by atoms with van der Waals surface area (Å²) >= 11 is 6.02. The highest BCUT2D eigenvalue weighted by atomic mass is 35.5. The standard InChI is InChI=1S/C13H24ClN5/c1-4-19(5-2)8-6-7-10(3)17-12-11(14)9-16-13(15)18-12/h9-10H,4-8H2,1-3H3,(H3,15,16,17,18). The zero-order valence-electron chi connectivity index (χ0n) is 12.0. The first-order valence-electron chi connectivity index (χ1n) is 6.83. The van der Waals surface area contributed by atoms with Crippen LogP contribution in [0.15, 0.2) is 6.20 Å². The fourth-order valence-corrected chi connectivity index (χ4v) is 2.09. The maximum absolute atomic E-state index is 6.02. The molecule has 0 aromatic carbocycles. The quantitative estimate of drug-likeness (QED) is 0.768. The Balaban J connectivity index is 2.38. The molecular weight excluding hydrogens is 262 g/mol. The van der Waals surface area contributed by atoms with E-state index in [1.165, 1.54) is 6.20 Å².